The van der Waals surface area contributed by atoms with Gasteiger partial charge in [-0.3, -0.25) is 4.79 Å². The fourth-order valence-corrected chi connectivity index (χ4v) is 2.59. The summed E-state index contributed by atoms with van der Waals surface area (Å²) >= 11 is 0. The summed E-state index contributed by atoms with van der Waals surface area (Å²) in [5, 5.41) is 2.94. The van der Waals surface area contributed by atoms with Crippen molar-refractivity contribution < 1.29 is 9.18 Å². The number of nitrogens with one attached hydrogen (secondary N) is 1. The molecule has 1 aromatic rings. The van der Waals surface area contributed by atoms with E-state index in [4.69, 9.17) is 0 Å². The van der Waals surface area contributed by atoms with Gasteiger partial charge in [0.25, 0.3) is 5.91 Å². The molecule has 0 atom stereocenters. The number of rotatable bonds is 2. The maximum absolute atomic E-state index is 13.8. The van der Waals surface area contributed by atoms with Gasteiger partial charge in [-0.25, -0.2) is 4.39 Å². The van der Waals surface area contributed by atoms with Crippen LogP contribution in [-0.4, -0.2) is 11.9 Å². The van der Waals surface area contributed by atoms with E-state index in [2.05, 4.69) is 33.0 Å². The Kier molecular flexibility index (Phi) is 2.76. The van der Waals surface area contributed by atoms with Crippen molar-refractivity contribution in [2.75, 3.05) is 0 Å². The second-order valence-electron chi connectivity index (χ2n) is 6.29. The first-order chi connectivity index (χ1) is 8.19. The lowest BCUT2D eigenvalue weighted by Gasteiger charge is -2.08. The predicted molar refractivity (Wildman–Crippen MR) is 70.0 cm³/mol. The molecule has 1 saturated carbocycles. The molecule has 1 amide bonds. The van der Waals surface area contributed by atoms with E-state index >= 15 is 0 Å². The van der Waals surface area contributed by atoms with Gasteiger partial charge in [-0.05, 0) is 29.4 Å². The molecule has 0 bridgehead atoms. The van der Waals surface area contributed by atoms with Gasteiger partial charge in [0.1, 0.15) is 5.82 Å². The Bertz CT molecular complexity index is 491. The third-order valence-corrected chi connectivity index (χ3v) is 4.73. The van der Waals surface area contributed by atoms with Crippen molar-refractivity contribution >= 4 is 5.91 Å². The Hall–Kier alpha value is -1.38. The summed E-state index contributed by atoms with van der Waals surface area (Å²) in [5.74, 6) is -0.744. The minimum atomic E-state index is -0.425. The number of halogens is 1. The van der Waals surface area contributed by atoms with Crippen LogP contribution >= 0.6 is 0 Å². The Morgan fingerprint density at radius 1 is 1.22 bits per heavy atom. The summed E-state index contributed by atoms with van der Waals surface area (Å²) < 4.78 is 13.8. The average Bonchev–Trinajstić information content (AvgIpc) is 2.65. The topological polar surface area (TPSA) is 29.1 Å². The number of carbonyl (C=O) groups is 1. The standard InChI is InChI=1S/C15H20FNO/c1-9-7-6-8-10(11(9)16)12(18)17-13-14(2,3)15(13,4)5/h6-8,13H,1-5H3,(H,17,18). The Morgan fingerprint density at radius 3 is 2.28 bits per heavy atom. The molecule has 0 heterocycles. The fraction of sp³-hybridized carbons (Fsp3) is 0.533. The van der Waals surface area contributed by atoms with Crippen LogP contribution in [0.1, 0.15) is 43.6 Å². The number of aryl methyl sites for hydroxylation is 1. The summed E-state index contributed by atoms with van der Waals surface area (Å²) in [5.41, 5.74) is 0.747. The van der Waals surface area contributed by atoms with Crippen molar-refractivity contribution in [2.45, 2.75) is 40.7 Å². The minimum Gasteiger partial charge on any atom is -0.348 e. The molecular weight excluding hydrogens is 229 g/mol. The van der Waals surface area contributed by atoms with Gasteiger partial charge < -0.3 is 5.32 Å². The number of benzene rings is 1. The van der Waals surface area contributed by atoms with Gasteiger partial charge in [0.15, 0.2) is 0 Å². The van der Waals surface area contributed by atoms with Gasteiger partial charge in [0, 0.05) is 6.04 Å². The average molecular weight is 249 g/mol. The van der Waals surface area contributed by atoms with Crippen LogP contribution in [-0.2, 0) is 0 Å². The van der Waals surface area contributed by atoms with E-state index in [9.17, 15) is 9.18 Å². The lowest BCUT2D eigenvalue weighted by Crippen LogP contribution is -2.30. The zero-order chi connectivity index (χ0) is 13.7. The molecule has 1 aliphatic carbocycles. The molecule has 18 heavy (non-hydrogen) atoms. The molecule has 98 valence electrons. The molecular formula is C15H20FNO. The Morgan fingerprint density at radius 2 is 1.78 bits per heavy atom. The van der Waals surface area contributed by atoms with Crippen LogP contribution in [0.5, 0.6) is 0 Å². The minimum absolute atomic E-state index is 0.0585. The van der Waals surface area contributed by atoms with E-state index in [1.54, 1.807) is 19.1 Å². The second kappa shape index (κ2) is 3.81. The van der Waals surface area contributed by atoms with Crippen LogP contribution in [0.3, 0.4) is 0 Å². The van der Waals surface area contributed by atoms with Crippen LogP contribution in [0, 0.1) is 23.6 Å². The molecule has 0 aliphatic heterocycles. The van der Waals surface area contributed by atoms with E-state index in [1.165, 1.54) is 6.07 Å². The van der Waals surface area contributed by atoms with E-state index in [-0.39, 0.29) is 28.3 Å². The van der Waals surface area contributed by atoms with Gasteiger partial charge in [-0.1, -0.05) is 39.8 Å². The zero-order valence-corrected chi connectivity index (χ0v) is 11.6. The summed E-state index contributed by atoms with van der Waals surface area (Å²) in [6.45, 7) is 10.1. The SMILES string of the molecule is Cc1cccc(C(=O)NC2C(C)(C)C2(C)C)c1F. The van der Waals surface area contributed by atoms with Crippen molar-refractivity contribution in [1.82, 2.24) is 5.32 Å². The highest BCUT2D eigenvalue weighted by atomic mass is 19.1. The summed E-state index contributed by atoms with van der Waals surface area (Å²) in [7, 11) is 0. The highest BCUT2D eigenvalue weighted by Crippen LogP contribution is 2.62. The molecule has 0 radical (unpaired) electrons. The highest BCUT2D eigenvalue weighted by molar-refractivity contribution is 5.95. The Balaban J connectivity index is 2.18. The molecule has 0 aromatic heterocycles. The highest BCUT2D eigenvalue weighted by Gasteiger charge is 2.65. The van der Waals surface area contributed by atoms with Crippen molar-refractivity contribution in [3.8, 4) is 0 Å². The van der Waals surface area contributed by atoms with Gasteiger partial charge >= 0.3 is 0 Å². The first-order valence-corrected chi connectivity index (χ1v) is 6.25. The van der Waals surface area contributed by atoms with Crippen LogP contribution in [0.25, 0.3) is 0 Å². The fourth-order valence-electron chi connectivity index (χ4n) is 2.59. The van der Waals surface area contributed by atoms with Gasteiger partial charge in [0.05, 0.1) is 5.56 Å². The van der Waals surface area contributed by atoms with E-state index in [1.807, 2.05) is 0 Å². The normalized spacial score (nSPS) is 20.6. The maximum Gasteiger partial charge on any atom is 0.254 e. The molecule has 1 aliphatic rings. The largest absolute Gasteiger partial charge is 0.348 e. The Labute approximate surface area is 108 Å². The van der Waals surface area contributed by atoms with Crippen molar-refractivity contribution in [1.29, 1.82) is 0 Å². The van der Waals surface area contributed by atoms with E-state index in [0.29, 0.717) is 5.56 Å². The lowest BCUT2D eigenvalue weighted by molar-refractivity contribution is 0.0939. The number of hydrogen-bond donors (Lipinski definition) is 1. The first-order valence-electron chi connectivity index (χ1n) is 6.25. The summed E-state index contributed by atoms with van der Waals surface area (Å²) in [4.78, 5) is 12.1. The lowest BCUT2D eigenvalue weighted by atomic mass is 10.0. The monoisotopic (exact) mass is 249 g/mol. The van der Waals surface area contributed by atoms with Crippen molar-refractivity contribution in [3.05, 3.63) is 35.1 Å². The van der Waals surface area contributed by atoms with Crippen LogP contribution in [0.15, 0.2) is 18.2 Å². The predicted octanol–water partition coefficient (Wildman–Crippen LogP) is 3.30. The number of hydrogen-bond acceptors (Lipinski definition) is 1. The van der Waals surface area contributed by atoms with Crippen LogP contribution in [0.4, 0.5) is 4.39 Å². The summed E-state index contributed by atoms with van der Waals surface area (Å²) in [6, 6.07) is 4.99. The molecule has 1 N–H and O–H groups in total. The molecule has 3 heteroatoms. The molecule has 0 unspecified atom stereocenters. The first kappa shape index (κ1) is 13.1. The molecule has 0 spiro atoms. The molecule has 1 aromatic carbocycles. The quantitative estimate of drug-likeness (QED) is 0.856. The third kappa shape index (κ3) is 1.73. The number of carbonyl (C=O) groups excluding carboxylic acids is 1. The van der Waals surface area contributed by atoms with Gasteiger partial charge in [0.2, 0.25) is 0 Å². The van der Waals surface area contributed by atoms with Crippen molar-refractivity contribution in [2.24, 2.45) is 10.8 Å². The summed E-state index contributed by atoms with van der Waals surface area (Å²) in [6.07, 6.45) is 0. The third-order valence-electron chi connectivity index (χ3n) is 4.73. The molecule has 0 saturated heterocycles. The number of amides is 1. The molecule has 2 rings (SSSR count). The molecule has 2 nitrogen and oxygen atoms in total. The maximum atomic E-state index is 13.8. The van der Waals surface area contributed by atoms with Crippen LogP contribution < -0.4 is 5.32 Å². The van der Waals surface area contributed by atoms with E-state index in [0.717, 1.165) is 0 Å². The van der Waals surface area contributed by atoms with Gasteiger partial charge in [-0.2, -0.15) is 0 Å². The van der Waals surface area contributed by atoms with Gasteiger partial charge in [-0.15, -0.1) is 0 Å². The zero-order valence-electron chi connectivity index (χ0n) is 11.6. The molecule has 1 fully saturated rings. The second-order valence-corrected chi connectivity index (χ2v) is 6.29. The van der Waals surface area contributed by atoms with Crippen molar-refractivity contribution in [3.63, 3.8) is 0 Å². The smallest absolute Gasteiger partial charge is 0.254 e. The van der Waals surface area contributed by atoms with Crippen LogP contribution in [0.2, 0.25) is 0 Å². The van der Waals surface area contributed by atoms with E-state index < -0.39 is 5.82 Å².